The number of esters is 1. The fourth-order valence-corrected chi connectivity index (χ4v) is 2.37. The Morgan fingerprint density at radius 2 is 1.87 bits per heavy atom. The van der Waals surface area contributed by atoms with Crippen molar-refractivity contribution < 1.29 is 19.4 Å². The number of nitrogens with two attached hydrogens (primary N) is 3. The summed E-state index contributed by atoms with van der Waals surface area (Å²) in [5, 5.41) is 19.4. The first kappa shape index (κ1) is 22.9. The maximum absolute atomic E-state index is 12.1. The molecular formula is C19H25N7O4. The van der Waals surface area contributed by atoms with Crippen LogP contribution in [0.3, 0.4) is 0 Å². The normalized spacial score (nSPS) is 12.0. The number of para-hydroxylation sites is 1. The summed E-state index contributed by atoms with van der Waals surface area (Å²) in [6, 6.07) is 8.80. The third kappa shape index (κ3) is 6.88. The highest BCUT2D eigenvalue weighted by Gasteiger charge is 2.14. The summed E-state index contributed by atoms with van der Waals surface area (Å²) < 4.78 is 4.98. The minimum absolute atomic E-state index is 0.0399. The van der Waals surface area contributed by atoms with Gasteiger partial charge in [-0.2, -0.15) is 0 Å². The number of carbonyl (C=O) groups is 2. The van der Waals surface area contributed by atoms with Gasteiger partial charge in [0.1, 0.15) is 23.8 Å². The Kier molecular flexibility index (Phi) is 8.81. The van der Waals surface area contributed by atoms with Crippen LogP contribution in [-0.2, 0) is 9.59 Å². The molecule has 0 fully saturated rings. The predicted molar refractivity (Wildman–Crippen MR) is 111 cm³/mol. The van der Waals surface area contributed by atoms with Crippen LogP contribution in [0.25, 0.3) is 0 Å². The number of anilines is 2. The minimum Gasteiger partial charge on any atom is -0.422 e. The number of aromatic nitrogens is 1. The fourth-order valence-electron chi connectivity index (χ4n) is 2.37. The van der Waals surface area contributed by atoms with Crippen LogP contribution in [0.4, 0.5) is 23.0 Å². The Morgan fingerprint density at radius 1 is 1.13 bits per heavy atom. The number of carbonyl (C=O) groups excluding carboxylic acids is 2. The molecule has 30 heavy (non-hydrogen) atoms. The number of nitrogen functional groups attached to an aromatic ring is 1. The minimum atomic E-state index is -0.819. The van der Waals surface area contributed by atoms with Crippen LogP contribution >= 0.6 is 0 Å². The summed E-state index contributed by atoms with van der Waals surface area (Å²) in [6.45, 7) is -0.205. The molecule has 0 aliphatic carbocycles. The van der Waals surface area contributed by atoms with Gasteiger partial charge in [-0.1, -0.05) is 18.6 Å². The number of amides is 1. The van der Waals surface area contributed by atoms with E-state index in [-0.39, 0.29) is 34.7 Å². The Balaban J connectivity index is 2.06. The number of nitrogens with one attached hydrogen (secondary N) is 1. The molecule has 0 saturated heterocycles. The van der Waals surface area contributed by atoms with E-state index in [1.807, 2.05) is 0 Å². The first-order valence-corrected chi connectivity index (χ1v) is 9.30. The van der Waals surface area contributed by atoms with Crippen molar-refractivity contribution >= 4 is 34.9 Å². The van der Waals surface area contributed by atoms with E-state index in [1.54, 1.807) is 18.2 Å². The summed E-state index contributed by atoms with van der Waals surface area (Å²) in [7, 11) is 0. The number of pyridine rings is 1. The summed E-state index contributed by atoms with van der Waals surface area (Å²) >= 11 is 0. The molecule has 11 heteroatoms. The van der Waals surface area contributed by atoms with Crippen molar-refractivity contribution in [3.8, 4) is 5.75 Å². The van der Waals surface area contributed by atoms with Gasteiger partial charge in [0.25, 0.3) is 0 Å². The predicted octanol–water partition coefficient (Wildman–Crippen LogP) is 1.37. The van der Waals surface area contributed by atoms with Gasteiger partial charge >= 0.3 is 5.97 Å². The van der Waals surface area contributed by atoms with Gasteiger partial charge in [0, 0.05) is 0 Å². The van der Waals surface area contributed by atoms with Gasteiger partial charge in [-0.15, -0.1) is 10.2 Å². The molecule has 0 spiro atoms. The number of ether oxygens (including phenoxy) is 1. The molecule has 0 radical (unpaired) electrons. The number of aliphatic hydroxyl groups excluding tert-OH is 1. The van der Waals surface area contributed by atoms with E-state index in [0.717, 1.165) is 12.8 Å². The lowest BCUT2D eigenvalue weighted by atomic mass is 10.1. The second-order valence-corrected chi connectivity index (χ2v) is 6.28. The van der Waals surface area contributed by atoms with Crippen LogP contribution in [0.5, 0.6) is 5.75 Å². The Hall–Kier alpha value is -3.41. The van der Waals surface area contributed by atoms with E-state index in [1.165, 1.54) is 18.2 Å². The smallest absolute Gasteiger partial charge is 0.337 e. The Morgan fingerprint density at radius 3 is 2.57 bits per heavy atom. The summed E-state index contributed by atoms with van der Waals surface area (Å²) in [4.78, 5) is 27.5. The van der Waals surface area contributed by atoms with Gasteiger partial charge in [-0.05, 0) is 43.7 Å². The highest BCUT2D eigenvalue weighted by Crippen LogP contribution is 2.30. The standard InChI is InChI=1S/C19H25N7O4/c20-10-4-3-5-12(21)19(29)24-16-9-8-14(18(22)23-16)26-25-13-6-1-2-7-15(13)30-17(28)11-27/h1-2,6-9,12,27H,3-5,10-11,20-21H2,(H3,22,23,24,29)/b26-25+/t12-/m0/s1. The molecule has 0 unspecified atom stereocenters. The van der Waals surface area contributed by atoms with E-state index in [4.69, 9.17) is 27.0 Å². The molecule has 0 aliphatic rings. The molecule has 1 aromatic heterocycles. The highest BCUT2D eigenvalue weighted by molar-refractivity contribution is 5.94. The van der Waals surface area contributed by atoms with Crippen molar-refractivity contribution in [2.45, 2.75) is 25.3 Å². The highest BCUT2D eigenvalue weighted by atomic mass is 16.5. The van der Waals surface area contributed by atoms with Crippen molar-refractivity contribution in [2.75, 3.05) is 24.2 Å². The molecule has 1 atom stereocenters. The van der Waals surface area contributed by atoms with E-state index < -0.39 is 18.6 Å². The lowest BCUT2D eigenvalue weighted by Gasteiger charge is -2.12. The zero-order chi connectivity index (χ0) is 21.9. The fraction of sp³-hybridized carbons (Fsp3) is 0.316. The monoisotopic (exact) mass is 415 g/mol. The van der Waals surface area contributed by atoms with Crippen LogP contribution in [-0.4, -0.2) is 41.2 Å². The number of unbranched alkanes of at least 4 members (excludes halogenated alkanes) is 1. The van der Waals surface area contributed by atoms with E-state index in [0.29, 0.717) is 13.0 Å². The van der Waals surface area contributed by atoms with Crippen molar-refractivity contribution in [3.63, 3.8) is 0 Å². The first-order valence-electron chi connectivity index (χ1n) is 9.30. The average molecular weight is 415 g/mol. The number of aliphatic hydroxyl groups is 1. The number of azo groups is 1. The number of hydrogen-bond acceptors (Lipinski definition) is 10. The molecule has 1 amide bonds. The molecule has 11 nitrogen and oxygen atoms in total. The number of benzene rings is 1. The summed E-state index contributed by atoms with van der Waals surface area (Å²) in [5.41, 5.74) is 17.7. The number of rotatable bonds is 10. The molecule has 0 bridgehead atoms. The molecule has 2 aromatic rings. The third-order valence-corrected chi connectivity index (χ3v) is 3.94. The SMILES string of the molecule is NCCCC[C@H](N)C(=O)Nc1ccc(/N=N/c2ccccc2OC(=O)CO)c(N)n1. The second kappa shape index (κ2) is 11.6. The maximum atomic E-state index is 12.1. The average Bonchev–Trinajstić information content (AvgIpc) is 2.74. The van der Waals surface area contributed by atoms with Gasteiger partial charge in [0.15, 0.2) is 11.6 Å². The van der Waals surface area contributed by atoms with Crippen molar-refractivity contribution in [1.82, 2.24) is 4.98 Å². The van der Waals surface area contributed by atoms with Crippen molar-refractivity contribution in [1.29, 1.82) is 0 Å². The second-order valence-electron chi connectivity index (χ2n) is 6.28. The summed E-state index contributed by atoms with van der Waals surface area (Å²) in [6.07, 6.45) is 2.08. The molecule has 0 saturated carbocycles. The van der Waals surface area contributed by atoms with Crippen molar-refractivity contribution in [2.24, 2.45) is 21.7 Å². The number of nitrogens with zero attached hydrogens (tertiary/aromatic N) is 3. The topological polar surface area (TPSA) is 191 Å². The van der Waals surface area contributed by atoms with E-state index in [9.17, 15) is 9.59 Å². The number of hydrogen-bond donors (Lipinski definition) is 5. The third-order valence-electron chi connectivity index (χ3n) is 3.94. The molecule has 160 valence electrons. The molecular weight excluding hydrogens is 390 g/mol. The molecule has 2 rings (SSSR count). The Bertz CT molecular complexity index is 904. The molecule has 0 aliphatic heterocycles. The lowest BCUT2D eigenvalue weighted by molar-refractivity contribution is -0.137. The largest absolute Gasteiger partial charge is 0.422 e. The van der Waals surface area contributed by atoms with Crippen LogP contribution in [0.15, 0.2) is 46.6 Å². The summed E-state index contributed by atoms with van der Waals surface area (Å²) in [5.74, 6) is -0.770. The Labute approximate surface area is 173 Å². The van der Waals surface area contributed by atoms with Crippen molar-refractivity contribution in [3.05, 3.63) is 36.4 Å². The molecule has 1 aromatic carbocycles. The van der Waals surface area contributed by atoms with Gasteiger partial charge in [-0.25, -0.2) is 9.78 Å². The molecule has 8 N–H and O–H groups in total. The van der Waals surface area contributed by atoms with Gasteiger partial charge in [0.2, 0.25) is 5.91 Å². The van der Waals surface area contributed by atoms with Gasteiger partial charge < -0.3 is 32.4 Å². The van der Waals surface area contributed by atoms with Gasteiger partial charge in [0.05, 0.1) is 6.04 Å². The van der Waals surface area contributed by atoms with Crippen LogP contribution in [0.2, 0.25) is 0 Å². The quantitative estimate of drug-likeness (QED) is 0.166. The maximum Gasteiger partial charge on any atom is 0.337 e. The van der Waals surface area contributed by atoms with Crippen LogP contribution in [0, 0.1) is 0 Å². The van der Waals surface area contributed by atoms with E-state index >= 15 is 0 Å². The lowest BCUT2D eigenvalue weighted by Crippen LogP contribution is -2.35. The first-order chi connectivity index (χ1) is 14.4. The van der Waals surface area contributed by atoms with Crippen LogP contribution < -0.4 is 27.3 Å². The zero-order valence-electron chi connectivity index (χ0n) is 16.3. The molecule has 1 heterocycles. The zero-order valence-corrected chi connectivity index (χ0v) is 16.3. The van der Waals surface area contributed by atoms with Crippen LogP contribution in [0.1, 0.15) is 19.3 Å². The van der Waals surface area contributed by atoms with Gasteiger partial charge in [-0.3, -0.25) is 4.79 Å². The van der Waals surface area contributed by atoms with E-state index in [2.05, 4.69) is 20.5 Å².